The second-order valence-corrected chi connectivity index (χ2v) is 10.0. The van der Waals surface area contributed by atoms with Crippen molar-refractivity contribution in [2.24, 2.45) is 5.92 Å². The number of rotatable bonds is 4. The molecule has 2 aliphatic heterocycles. The minimum Gasteiger partial charge on any atom is -0.508 e. The lowest BCUT2D eigenvalue weighted by molar-refractivity contribution is -0.00557. The van der Waals surface area contributed by atoms with Crippen molar-refractivity contribution in [2.45, 2.75) is 38.3 Å². The van der Waals surface area contributed by atoms with E-state index >= 15 is 0 Å². The first kappa shape index (κ1) is 21.2. The Morgan fingerprint density at radius 3 is 2.38 bits per heavy atom. The summed E-state index contributed by atoms with van der Waals surface area (Å²) in [6.45, 7) is 10.3. The van der Waals surface area contributed by atoms with Crippen LogP contribution >= 0.6 is 0 Å². The van der Waals surface area contributed by atoms with Crippen LogP contribution in [0.4, 0.5) is 0 Å². The van der Waals surface area contributed by atoms with Gasteiger partial charge in [0.15, 0.2) is 0 Å². The maximum absolute atomic E-state index is 10.1. The molecule has 2 heterocycles. The van der Waals surface area contributed by atoms with E-state index in [0.717, 1.165) is 39.1 Å². The average Bonchev–Trinajstić information content (AvgIpc) is 2.81. The molecule has 3 heteroatoms. The molecule has 0 saturated carbocycles. The first-order valence-corrected chi connectivity index (χ1v) is 11.9. The first-order chi connectivity index (χ1) is 15.5. The quantitative estimate of drug-likeness (QED) is 0.593. The molecule has 0 amide bonds. The van der Waals surface area contributed by atoms with Gasteiger partial charge in [0.05, 0.1) is 0 Å². The number of phenols is 1. The summed E-state index contributed by atoms with van der Waals surface area (Å²) in [5.41, 5.74) is 5.31. The molecule has 0 spiro atoms. The summed E-state index contributed by atoms with van der Waals surface area (Å²) >= 11 is 0. The van der Waals surface area contributed by atoms with E-state index in [1.54, 1.807) is 6.07 Å². The molecule has 2 fully saturated rings. The molecular formula is C29H34N2O. The zero-order valence-corrected chi connectivity index (χ0v) is 19.2. The van der Waals surface area contributed by atoms with Gasteiger partial charge in [0, 0.05) is 38.8 Å². The Morgan fingerprint density at radius 2 is 1.62 bits per heavy atom. The third kappa shape index (κ3) is 4.20. The van der Waals surface area contributed by atoms with Crippen molar-refractivity contribution in [1.82, 2.24) is 9.80 Å². The number of piperidine rings is 1. The van der Waals surface area contributed by atoms with Crippen LogP contribution in [0, 0.1) is 5.92 Å². The van der Waals surface area contributed by atoms with Crippen LogP contribution in [0.25, 0.3) is 11.1 Å². The van der Waals surface area contributed by atoms with Crippen molar-refractivity contribution >= 4 is 0 Å². The smallest absolute Gasteiger partial charge is 0.115 e. The van der Waals surface area contributed by atoms with Crippen molar-refractivity contribution in [1.29, 1.82) is 0 Å². The highest BCUT2D eigenvalue weighted by Gasteiger charge is 2.44. The van der Waals surface area contributed by atoms with Crippen molar-refractivity contribution in [3.05, 3.63) is 90.0 Å². The maximum Gasteiger partial charge on any atom is 0.115 e. The monoisotopic (exact) mass is 426 g/mol. The van der Waals surface area contributed by atoms with Crippen molar-refractivity contribution in [2.75, 3.05) is 26.2 Å². The van der Waals surface area contributed by atoms with Crippen LogP contribution in [-0.4, -0.2) is 47.1 Å². The van der Waals surface area contributed by atoms with E-state index in [9.17, 15) is 5.11 Å². The lowest BCUT2D eigenvalue weighted by atomic mass is 9.65. The maximum atomic E-state index is 10.1. The molecule has 3 atom stereocenters. The Bertz CT molecular complexity index is 1050. The molecule has 3 aromatic carbocycles. The minimum absolute atomic E-state index is 0.0975. The van der Waals surface area contributed by atoms with Crippen molar-refractivity contribution < 1.29 is 5.11 Å². The number of hydrogen-bond acceptors (Lipinski definition) is 3. The summed E-state index contributed by atoms with van der Waals surface area (Å²) in [5, 5.41) is 10.1. The van der Waals surface area contributed by atoms with Gasteiger partial charge in [0.2, 0.25) is 0 Å². The molecule has 3 nitrogen and oxygen atoms in total. The summed E-state index contributed by atoms with van der Waals surface area (Å²) in [4.78, 5) is 5.32. The number of piperazine rings is 1. The Labute approximate surface area is 192 Å². The van der Waals surface area contributed by atoms with Crippen LogP contribution in [0.5, 0.6) is 5.75 Å². The van der Waals surface area contributed by atoms with E-state index < -0.39 is 0 Å². The molecular weight excluding hydrogens is 392 g/mol. The molecule has 2 aliphatic rings. The SMILES string of the molecule is CC1CN2CCN(Cc3ccc(-c4ccccc4)cc3)CC2CC1(C)c1cccc(O)c1. The predicted molar refractivity (Wildman–Crippen MR) is 132 cm³/mol. The van der Waals surface area contributed by atoms with Gasteiger partial charge >= 0.3 is 0 Å². The van der Waals surface area contributed by atoms with E-state index in [2.05, 4.69) is 84.3 Å². The summed E-state index contributed by atoms with van der Waals surface area (Å²) in [7, 11) is 0. The van der Waals surface area contributed by atoms with Crippen LogP contribution in [0.1, 0.15) is 31.4 Å². The third-order valence-electron chi connectivity index (χ3n) is 7.92. The van der Waals surface area contributed by atoms with Gasteiger partial charge in [0.1, 0.15) is 5.75 Å². The number of phenolic OH excluding ortho intramolecular Hbond substituents is 1. The summed E-state index contributed by atoms with van der Waals surface area (Å²) in [6.07, 6.45) is 1.14. The van der Waals surface area contributed by atoms with Gasteiger partial charge in [-0.05, 0) is 52.1 Å². The van der Waals surface area contributed by atoms with Gasteiger partial charge < -0.3 is 5.11 Å². The summed E-state index contributed by atoms with van der Waals surface area (Å²) < 4.78 is 0. The zero-order chi connectivity index (χ0) is 22.1. The number of nitrogens with zero attached hydrogens (tertiary/aromatic N) is 2. The normalized spacial score (nSPS) is 26.6. The highest BCUT2D eigenvalue weighted by molar-refractivity contribution is 5.63. The van der Waals surface area contributed by atoms with E-state index in [-0.39, 0.29) is 5.41 Å². The number of hydrogen-bond donors (Lipinski definition) is 1. The fourth-order valence-electron chi connectivity index (χ4n) is 5.73. The zero-order valence-electron chi connectivity index (χ0n) is 19.2. The van der Waals surface area contributed by atoms with E-state index in [1.165, 1.54) is 22.3 Å². The third-order valence-corrected chi connectivity index (χ3v) is 7.92. The summed E-state index contributed by atoms with van der Waals surface area (Å²) in [6, 6.07) is 28.2. The van der Waals surface area contributed by atoms with Gasteiger partial charge in [-0.25, -0.2) is 0 Å². The molecule has 166 valence electrons. The molecule has 1 N–H and O–H groups in total. The van der Waals surface area contributed by atoms with Crippen LogP contribution < -0.4 is 0 Å². The Kier molecular flexibility index (Phi) is 5.79. The molecule has 32 heavy (non-hydrogen) atoms. The molecule has 0 radical (unpaired) electrons. The van der Waals surface area contributed by atoms with Crippen LogP contribution in [-0.2, 0) is 12.0 Å². The number of fused-ring (bicyclic) bond motifs is 1. The van der Waals surface area contributed by atoms with Gasteiger partial charge in [0.25, 0.3) is 0 Å². The first-order valence-electron chi connectivity index (χ1n) is 11.9. The highest BCUT2D eigenvalue weighted by Crippen LogP contribution is 2.43. The van der Waals surface area contributed by atoms with Gasteiger partial charge in [-0.3, -0.25) is 9.80 Å². The largest absolute Gasteiger partial charge is 0.508 e. The molecule has 3 unspecified atom stereocenters. The lowest BCUT2D eigenvalue weighted by Gasteiger charge is -2.53. The Balaban J connectivity index is 1.27. The molecule has 5 rings (SSSR count). The molecule has 3 aromatic rings. The van der Waals surface area contributed by atoms with Gasteiger partial charge in [-0.15, -0.1) is 0 Å². The fraction of sp³-hybridized carbons (Fsp3) is 0.379. The Hall–Kier alpha value is -2.62. The van der Waals surface area contributed by atoms with Crippen LogP contribution in [0.15, 0.2) is 78.9 Å². The Morgan fingerprint density at radius 1 is 0.875 bits per heavy atom. The number of benzene rings is 3. The van der Waals surface area contributed by atoms with Crippen molar-refractivity contribution in [3.8, 4) is 16.9 Å². The average molecular weight is 427 g/mol. The topological polar surface area (TPSA) is 26.7 Å². The number of aromatic hydroxyl groups is 1. The van der Waals surface area contributed by atoms with Crippen molar-refractivity contribution in [3.63, 3.8) is 0 Å². The molecule has 2 saturated heterocycles. The molecule has 0 bridgehead atoms. The lowest BCUT2D eigenvalue weighted by Crippen LogP contribution is -2.60. The predicted octanol–water partition coefficient (Wildman–Crippen LogP) is 5.54. The van der Waals surface area contributed by atoms with Crippen LogP contribution in [0.2, 0.25) is 0 Å². The van der Waals surface area contributed by atoms with Crippen LogP contribution in [0.3, 0.4) is 0 Å². The minimum atomic E-state index is 0.0975. The standard InChI is InChI=1S/C29H34N2O/c1-22-19-31-16-15-30(20-23-11-13-25(14-12-23)24-7-4-3-5-8-24)21-27(31)18-29(22,2)26-9-6-10-28(32)17-26/h3-14,17,22,27,32H,15-16,18-21H2,1-2H3. The van der Waals surface area contributed by atoms with Gasteiger partial charge in [-0.2, -0.15) is 0 Å². The second-order valence-electron chi connectivity index (χ2n) is 10.0. The van der Waals surface area contributed by atoms with E-state index in [0.29, 0.717) is 17.7 Å². The van der Waals surface area contributed by atoms with Gasteiger partial charge in [-0.1, -0.05) is 80.6 Å². The summed E-state index contributed by atoms with van der Waals surface area (Å²) in [5.74, 6) is 0.945. The molecule has 0 aromatic heterocycles. The van der Waals surface area contributed by atoms with E-state index in [4.69, 9.17) is 0 Å². The second kappa shape index (κ2) is 8.73. The van der Waals surface area contributed by atoms with E-state index in [1.807, 2.05) is 12.1 Å². The highest BCUT2D eigenvalue weighted by atomic mass is 16.3. The molecule has 0 aliphatic carbocycles. The fourth-order valence-corrected chi connectivity index (χ4v) is 5.73.